The molecule has 2 rings (SSSR count). The van der Waals surface area contributed by atoms with Crippen molar-refractivity contribution < 1.29 is 14.3 Å². The lowest BCUT2D eigenvalue weighted by atomic mass is 9.93. The number of nitrogens with one attached hydrogen (secondary N) is 1. The molecule has 1 amide bonds. The number of hydrogen-bond donors (Lipinski definition) is 1. The molecule has 1 atom stereocenters. The number of carbonyl (C=O) groups is 1. The third-order valence-corrected chi connectivity index (χ3v) is 4.99. The number of nitrogens with zero attached hydrogens (tertiary/aromatic N) is 1. The summed E-state index contributed by atoms with van der Waals surface area (Å²) in [4.78, 5) is 12.9. The summed E-state index contributed by atoms with van der Waals surface area (Å²) in [5, 5.41) is 12.3. The van der Waals surface area contributed by atoms with Gasteiger partial charge in [-0.3, -0.25) is 4.79 Å². The van der Waals surface area contributed by atoms with Crippen LogP contribution in [0.3, 0.4) is 0 Å². The van der Waals surface area contributed by atoms with E-state index in [-0.39, 0.29) is 12.0 Å². The molecule has 1 aromatic carbocycles. The maximum absolute atomic E-state index is 12.9. The average molecular weight is 344 g/mol. The Labute approximate surface area is 150 Å². The van der Waals surface area contributed by atoms with E-state index in [4.69, 9.17) is 9.47 Å². The molecule has 1 fully saturated rings. The number of ether oxygens (including phenoxy) is 2. The maximum Gasteiger partial charge on any atom is 0.256 e. The van der Waals surface area contributed by atoms with Crippen LogP contribution in [0.4, 0.5) is 5.69 Å². The summed E-state index contributed by atoms with van der Waals surface area (Å²) in [6.45, 7) is 4.03. The van der Waals surface area contributed by atoms with Crippen molar-refractivity contribution in [1.29, 1.82) is 5.26 Å². The summed E-state index contributed by atoms with van der Waals surface area (Å²) < 4.78 is 11.4. The highest BCUT2D eigenvalue weighted by molar-refractivity contribution is 5.98. The van der Waals surface area contributed by atoms with Gasteiger partial charge in [0.05, 0.1) is 17.4 Å². The van der Waals surface area contributed by atoms with Gasteiger partial charge in [0.2, 0.25) is 0 Å². The molecule has 1 N–H and O–H groups in total. The molecule has 0 radical (unpaired) electrons. The first kappa shape index (κ1) is 19.3. The summed E-state index contributed by atoms with van der Waals surface area (Å²) in [5.74, 6) is 0.476. The van der Waals surface area contributed by atoms with Crippen molar-refractivity contribution in [3.63, 3.8) is 0 Å². The SMILES string of the molecule is CCC(C)Oc1ccc(NC(=O)C2(OC)CCCCCC2)c(C#N)c1. The van der Waals surface area contributed by atoms with Crippen LogP contribution in [0.25, 0.3) is 0 Å². The molecule has 5 heteroatoms. The highest BCUT2D eigenvalue weighted by atomic mass is 16.5. The number of amides is 1. The van der Waals surface area contributed by atoms with E-state index in [1.165, 1.54) is 0 Å². The fourth-order valence-corrected chi connectivity index (χ4v) is 3.17. The van der Waals surface area contributed by atoms with E-state index >= 15 is 0 Å². The monoisotopic (exact) mass is 344 g/mol. The zero-order valence-corrected chi connectivity index (χ0v) is 15.4. The van der Waals surface area contributed by atoms with E-state index in [1.807, 2.05) is 13.8 Å². The van der Waals surface area contributed by atoms with Gasteiger partial charge >= 0.3 is 0 Å². The Bertz CT molecular complexity index is 628. The number of rotatable bonds is 6. The van der Waals surface area contributed by atoms with Crippen LogP contribution in [0.15, 0.2) is 18.2 Å². The van der Waals surface area contributed by atoms with Gasteiger partial charge in [-0.2, -0.15) is 5.26 Å². The van der Waals surface area contributed by atoms with Gasteiger partial charge in [0.1, 0.15) is 17.4 Å². The molecular formula is C20H28N2O3. The van der Waals surface area contributed by atoms with E-state index in [2.05, 4.69) is 11.4 Å². The molecule has 0 spiro atoms. The molecule has 1 aromatic rings. The van der Waals surface area contributed by atoms with Crippen LogP contribution in [0.2, 0.25) is 0 Å². The fourth-order valence-electron chi connectivity index (χ4n) is 3.17. The molecule has 1 saturated carbocycles. The van der Waals surface area contributed by atoms with Crippen molar-refractivity contribution in [3.8, 4) is 11.8 Å². The summed E-state index contributed by atoms with van der Waals surface area (Å²) >= 11 is 0. The van der Waals surface area contributed by atoms with Crippen LogP contribution >= 0.6 is 0 Å². The van der Waals surface area contributed by atoms with E-state index in [1.54, 1.807) is 25.3 Å². The molecule has 5 nitrogen and oxygen atoms in total. The van der Waals surface area contributed by atoms with Crippen LogP contribution in [0.5, 0.6) is 5.75 Å². The molecule has 0 bridgehead atoms. The number of nitriles is 1. The van der Waals surface area contributed by atoms with Gasteiger partial charge in [-0.05, 0) is 38.3 Å². The highest BCUT2D eigenvalue weighted by Gasteiger charge is 2.38. The summed E-state index contributed by atoms with van der Waals surface area (Å²) in [5.41, 5.74) is 0.105. The number of hydrogen-bond acceptors (Lipinski definition) is 4. The zero-order chi connectivity index (χ0) is 18.3. The van der Waals surface area contributed by atoms with Crippen molar-refractivity contribution in [2.75, 3.05) is 12.4 Å². The lowest BCUT2D eigenvalue weighted by Gasteiger charge is -2.30. The molecule has 1 aliphatic carbocycles. The van der Waals surface area contributed by atoms with Crippen molar-refractivity contribution >= 4 is 11.6 Å². The smallest absolute Gasteiger partial charge is 0.256 e. The van der Waals surface area contributed by atoms with Crippen molar-refractivity contribution in [1.82, 2.24) is 0 Å². The third kappa shape index (κ3) is 4.73. The molecule has 1 aliphatic rings. The van der Waals surface area contributed by atoms with Crippen molar-refractivity contribution in [2.45, 2.75) is 70.5 Å². The summed E-state index contributed by atoms with van der Waals surface area (Å²) in [6, 6.07) is 7.34. The molecule has 0 saturated heterocycles. The quantitative estimate of drug-likeness (QED) is 0.776. The molecule has 0 heterocycles. The number of methoxy groups -OCH3 is 1. The maximum atomic E-state index is 12.9. The van der Waals surface area contributed by atoms with Crippen LogP contribution in [-0.2, 0) is 9.53 Å². The Morgan fingerprint density at radius 2 is 2.00 bits per heavy atom. The molecule has 25 heavy (non-hydrogen) atoms. The minimum Gasteiger partial charge on any atom is -0.491 e. The zero-order valence-electron chi connectivity index (χ0n) is 15.4. The van der Waals surface area contributed by atoms with E-state index in [0.717, 1.165) is 32.1 Å². The Hall–Kier alpha value is -2.06. The summed E-state index contributed by atoms with van der Waals surface area (Å²) in [7, 11) is 1.60. The first-order valence-electron chi connectivity index (χ1n) is 9.12. The lowest BCUT2D eigenvalue weighted by Crippen LogP contribution is -2.44. The predicted molar refractivity (Wildman–Crippen MR) is 97.6 cm³/mol. The van der Waals surface area contributed by atoms with Crippen LogP contribution in [0, 0.1) is 11.3 Å². The predicted octanol–water partition coefficient (Wildman–Crippen LogP) is 4.41. The number of benzene rings is 1. The van der Waals surface area contributed by atoms with Gasteiger partial charge in [-0.15, -0.1) is 0 Å². The molecule has 1 unspecified atom stereocenters. The average Bonchev–Trinajstić information content (AvgIpc) is 2.89. The fraction of sp³-hybridized carbons (Fsp3) is 0.600. The molecule has 0 aromatic heterocycles. The Kier molecular flexibility index (Phi) is 6.83. The standard InChI is InChI=1S/C20H28N2O3/c1-4-15(2)25-17-9-10-18(16(13-17)14-21)22-19(23)20(24-3)11-7-5-6-8-12-20/h9-10,13,15H,4-8,11-12H2,1-3H3,(H,22,23). The Balaban J connectivity index is 2.18. The minimum atomic E-state index is -0.797. The van der Waals surface area contributed by atoms with Gasteiger partial charge < -0.3 is 14.8 Å². The third-order valence-electron chi connectivity index (χ3n) is 4.99. The van der Waals surface area contributed by atoms with Gasteiger partial charge in [0, 0.05) is 13.2 Å². The van der Waals surface area contributed by atoms with Crippen LogP contribution in [-0.4, -0.2) is 24.7 Å². The van der Waals surface area contributed by atoms with Crippen molar-refractivity contribution in [3.05, 3.63) is 23.8 Å². The molecule has 136 valence electrons. The second-order valence-corrected chi connectivity index (χ2v) is 6.72. The van der Waals surface area contributed by atoms with Crippen molar-refractivity contribution in [2.24, 2.45) is 0 Å². The summed E-state index contributed by atoms with van der Waals surface area (Å²) in [6.07, 6.45) is 6.61. The van der Waals surface area contributed by atoms with E-state index < -0.39 is 5.60 Å². The van der Waals surface area contributed by atoms with E-state index in [9.17, 15) is 10.1 Å². The topological polar surface area (TPSA) is 71.3 Å². The van der Waals surface area contributed by atoms with Gasteiger partial charge in [-0.1, -0.05) is 32.6 Å². The Morgan fingerprint density at radius 1 is 1.32 bits per heavy atom. The second kappa shape index (κ2) is 8.87. The second-order valence-electron chi connectivity index (χ2n) is 6.72. The van der Waals surface area contributed by atoms with Gasteiger partial charge in [0.25, 0.3) is 5.91 Å². The normalized spacial score (nSPS) is 17.8. The van der Waals surface area contributed by atoms with Crippen LogP contribution in [0.1, 0.15) is 64.4 Å². The van der Waals surface area contributed by atoms with Crippen LogP contribution < -0.4 is 10.1 Å². The van der Waals surface area contributed by atoms with E-state index in [0.29, 0.717) is 29.8 Å². The largest absolute Gasteiger partial charge is 0.491 e. The first-order chi connectivity index (χ1) is 12.0. The lowest BCUT2D eigenvalue weighted by molar-refractivity contribution is -0.139. The molecule has 0 aliphatic heterocycles. The number of anilines is 1. The highest BCUT2D eigenvalue weighted by Crippen LogP contribution is 2.32. The van der Waals surface area contributed by atoms with Gasteiger partial charge in [0.15, 0.2) is 0 Å². The Morgan fingerprint density at radius 3 is 2.56 bits per heavy atom. The number of carbonyl (C=O) groups excluding carboxylic acids is 1. The molecular weight excluding hydrogens is 316 g/mol. The minimum absolute atomic E-state index is 0.0785. The first-order valence-corrected chi connectivity index (χ1v) is 9.12. The van der Waals surface area contributed by atoms with Gasteiger partial charge in [-0.25, -0.2) is 0 Å².